The van der Waals surface area contributed by atoms with Crippen LogP contribution in [0.1, 0.15) is 112 Å². The number of nitrogens with zero attached hydrogens (tertiary/aromatic N) is 6. The van der Waals surface area contributed by atoms with Gasteiger partial charge in [0.15, 0.2) is 0 Å². The molecule has 3 saturated heterocycles. The van der Waals surface area contributed by atoms with E-state index in [2.05, 4.69) is 135 Å². The zero-order valence-corrected chi connectivity index (χ0v) is 56.3. The third-order valence-electron chi connectivity index (χ3n) is 18.1. The molecule has 3 fully saturated rings. The second kappa shape index (κ2) is 27.2. The molecular weight excluding hydrogens is 1250 g/mol. The lowest BCUT2D eigenvalue weighted by molar-refractivity contribution is 0.253. The molecule has 3 aliphatic rings. The quantitative estimate of drug-likeness (QED) is 0.122. The largest absolute Gasteiger partial charge is 0.330 e. The van der Waals surface area contributed by atoms with Crippen molar-refractivity contribution in [3.63, 3.8) is 0 Å². The van der Waals surface area contributed by atoms with Gasteiger partial charge in [0.1, 0.15) is 0 Å². The van der Waals surface area contributed by atoms with Crippen molar-refractivity contribution in [1.29, 1.82) is 0 Å². The number of urea groups is 3. The zero-order chi connectivity index (χ0) is 64.4. The summed E-state index contributed by atoms with van der Waals surface area (Å²) in [4.78, 5) is 53.1. The Morgan fingerprint density at radius 3 is 0.667 bits per heavy atom. The average Bonchev–Trinajstić information content (AvgIpc) is 1.59. The Kier molecular flexibility index (Phi) is 19.8. The van der Waals surface area contributed by atoms with E-state index in [9.17, 15) is 14.4 Å². The minimum atomic E-state index is -0.460. The number of halogens is 6. The molecule has 0 saturated carbocycles. The molecule has 6 amide bonds. The van der Waals surface area contributed by atoms with Crippen molar-refractivity contribution in [2.45, 2.75) is 116 Å². The number of carbonyl (C=O) groups excluding carboxylic acids is 3. The van der Waals surface area contributed by atoms with Crippen molar-refractivity contribution in [2.24, 2.45) is 0 Å². The molecule has 9 nitrogen and oxygen atoms in total. The van der Waals surface area contributed by atoms with Crippen LogP contribution in [0.4, 0.5) is 48.5 Å². The highest BCUT2D eigenvalue weighted by molar-refractivity contribution is 6.32. The highest BCUT2D eigenvalue weighted by Gasteiger charge is 2.58. The van der Waals surface area contributed by atoms with Crippen LogP contribution in [0, 0.1) is 20.8 Å². The van der Waals surface area contributed by atoms with Gasteiger partial charge in [0, 0.05) is 64.3 Å². The van der Waals surface area contributed by atoms with Gasteiger partial charge in [-0.25, -0.2) is 14.4 Å². The fraction of sp³-hybridized carbons (Fsp3) is 0.240. The van der Waals surface area contributed by atoms with Crippen LogP contribution in [0.5, 0.6) is 0 Å². The maximum atomic E-state index is 13.9. The predicted octanol–water partition coefficient (Wildman–Crippen LogP) is 23.0. The molecule has 9 aromatic carbocycles. The molecule has 0 aliphatic carbocycles. The lowest BCUT2D eigenvalue weighted by Crippen LogP contribution is -2.45. The van der Waals surface area contributed by atoms with E-state index in [0.29, 0.717) is 30.1 Å². The molecule has 0 aromatic heterocycles. The Morgan fingerprint density at radius 2 is 0.489 bits per heavy atom. The minimum absolute atomic E-state index is 0.0597. The van der Waals surface area contributed by atoms with Crippen LogP contribution in [-0.4, -0.2) is 34.7 Å². The molecule has 0 bridgehead atoms. The van der Waals surface area contributed by atoms with Crippen LogP contribution in [0.3, 0.4) is 0 Å². The van der Waals surface area contributed by atoms with Crippen molar-refractivity contribution >= 4 is 122 Å². The van der Waals surface area contributed by atoms with Gasteiger partial charge in [-0.15, -0.1) is 0 Å². The van der Waals surface area contributed by atoms with E-state index in [4.69, 9.17) is 69.6 Å². The van der Waals surface area contributed by atoms with E-state index in [1.807, 2.05) is 175 Å². The number of amides is 6. The molecule has 15 heteroatoms. The van der Waals surface area contributed by atoms with Crippen LogP contribution >= 0.6 is 69.6 Å². The van der Waals surface area contributed by atoms with Crippen LogP contribution in [0.25, 0.3) is 0 Å². The zero-order valence-electron chi connectivity index (χ0n) is 51.8. The normalized spacial score (nSPS) is 21.4. The van der Waals surface area contributed by atoms with Crippen LogP contribution in [-0.2, 0) is 0 Å². The van der Waals surface area contributed by atoms with Gasteiger partial charge in [-0.05, 0) is 223 Å². The van der Waals surface area contributed by atoms with Crippen LogP contribution in [0.15, 0.2) is 218 Å². The highest BCUT2D eigenvalue weighted by Crippen LogP contribution is 2.53. The lowest BCUT2D eigenvalue weighted by atomic mass is 9.83. The van der Waals surface area contributed by atoms with Crippen LogP contribution in [0.2, 0.25) is 30.1 Å². The monoisotopic (exact) mass is 1310 g/mol. The third kappa shape index (κ3) is 12.8. The van der Waals surface area contributed by atoms with E-state index < -0.39 is 16.6 Å². The van der Waals surface area contributed by atoms with Gasteiger partial charge in [-0.1, -0.05) is 180 Å². The summed E-state index contributed by atoms with van der Waals surface area (Å²) in [7, 11) is 0. The second-order valence-corrected chi connectivity index (χ2v) is 26.5. The summed E-state index contributed by atoms with van der Waals surface area (Å²) in [5.74, 6) is 0. The van der Waals surface area contributed by atoms with Gasteiger partial charge in [0.2, 0.25) is 0 Å². The Bertz CT molecular complexity index is 3610. The Labute approximate surface area is 559 Å². The van der Waals surface area contributed by atoms with E-state index in [0.717, 1.165) is 70.1 Å². The van der Waals surface area contributed by atoms with Crippen molar-refractivity contribution in [2.75, 3.05) is 29.4 Å². The molecule has 0 unspecified atom stereocenters. The number of anilines is 6. The number of rotatable bonds is 12. The Balaban J connectivity index is 0.000000148. The van der Waals surface area contributed by atoms with Crippen molar-refractivity contribution in [3.8, 4) is 0 Å². The molecule has 0 N–H and O–H groups in total. The van der Waals surface area contributed by atoms with E-state index in [-0.39, 0.29) is 36.2 Å². The van der Waals surface area contributed by atoms with Crippen molar-refractivity contribution in [1.82, 2.24) is 0 Å². The van der Waals surface area contributed by atoms with Gasteiger partial charge in [0.05, 0.1) is 34.7 Å². The summed E-state index contributed by atoms with van der Waals surface area (Å²) in [6.07, 6.45) is 2.35. The second-order valence-electron chi connectivity index (χ2n) is 23.9. The summed E-state index contributed by atoms with van der Waals surface area (Å²) in [6.45, 7) is 19.1. The molecule has 3 heterocycles. The molecule has 6 atom stereocenters. The van der Waals surface area contributed by atoms with Gasteiger partial charge in [-0.3, -0.25) is 29.4 Å². The molecule has 90 heavy (non-hydrogen) atoms. The minimum Gasteiger partial charge on any atom is -0.286 e. The number of hydrogen-bond acceptors (Lipinski definition) is 3. The number of carbonyl (C=O) groups is 3. The van der Waals surface area contributed by atoms with Gasteiger partial charge in [0.25, 0.3) is 0 Å². The molecular formula is C75H72Cl6N6O3. The summed E-state index contributed by atoms with van der Waals surface area (Å²) < 4.78 is 0. The van der Waals surface area contributed by atoms with Gasteiger partial charge in [-0.2, -0.15) is 0 Å². The van der Waals surface area contributed by atoms with Gasteiger partial charge < -0.3 is 0 Å². The molecule has 0 spiro atoms. The summed E-state index contributed by atoms with van der Waals surface area (Å²) in [5.41, 5.74) is 10.4. The van der Waals surface area contributed by atoms with Crippen LogP contribution < -0.4 is 29.4 Å². The first-order valence-corrected chi connectivity index (χ1v) is 32.4. The van der Waals surface area contributed by atoms with E-state index in [1.54, 1.807) is 0 Å². The highest BCUT2D eigenvalue weighted by atomic mass is 35.5. The molecule has 9 aromatic rings. The standard InChI is InChI=1S/3C25H24Cl2N2O/c3*1-4-25(3)23(18-7-5-6-17(2)16-18)28(21-12-8-19(26)9-13-21)24(30)29(25)22-14-10-20(27)11-15-22/h3*5-16,23H,4H2,1-3H3/t2*23-,25+;23-,25-/m100/s1. The molecule has 462 valence electrons. The maximum Gasteiger partial charge on any atom is 0.330 e. The summed E-state index contributed by atoms with van der Waals surface area (Å²) in [5, 5.41) is 3.87. The lowest BCUT2D eigenvalue weighted by Gasteiger charge is -2.38. The van der Waals surface area contributed by atoms with E-state index >= 15 is 0 Å². The van der Waals surface area contributed by atoms with Crippen molar-refractivity contribution in [3.05, 3.63) is 282 Å². The SMILES string of the molecule is CC[C@@]1(C)[C@@H](c2cccc(C)c2)N(c2ccc(Cl)cc2)C(=O)N1c1ccc(Cl)cc1.CC[C@@]1(C)[C@H](c2cccc(C)c2)N(c2ccc(Cl)cc2)C(=O)N1c1ccc(Cl)cc1.CC[C@]1(C)[C@H](c2cccc(C)c2)N(c2ccc(Cl)cc2)C(=O)N1c1ccc(Cl)cc1. The first kappa shape index (κ1) is 65.5. The number of benzene rings is 9. The summed E-state index contributed by atoms with van der Waals surface area (Å²) in [6, 6.07) is 69.3. The first-order chi connectivity index (χ1) is 43.0. The average molecular weight is 1320 g/mol. The fourth-order valence-corrected chi connectivity index (χ4v) is 13.9. The number of aryl methyl sites for hydroxylation is 3. The summed E-state index contributed by atoms with van der Waals surface area (Å²) >= 11 is 36.7. The van der Waals surface area contributed by atoms with Gasteiger partial charge >= 0.3 is 18.1 Å². The molecule has 3 aliphatic heterocycles. The van der Waals surface area contributed by atoms with Crippen molar-refractivity contribution < 1.29 is 14.4 Å². The number of hydrogen-bond donors (Lipinski definition) is 0. The Hall–Kier alpha value is -7.47. The van der Waals surface area contributed by atoms with E-state index in [1.165, 1.54) is 16.7 Å². The topological polar surface area (TPSA) is 70.7 Å². The molecule has 12 rings (SSSR count). The smallest absolute Gasteiger partial charge is 0.286 e. The predicted molar refractivity (Wildman–Crippen MR) is 378 cm³/mol. The third-order valence-corrected chi connectivity index (χ3v) is 19.6. The fourth-order valence-electron chi connectivity index (χ4n) is 13.2. The molecule has 0 radical (unpaired) electrons. The first-order valence-electron chi connectivity index (χ1n) is 30.2. The Morgan fingerprint density at radius 1 is 0.300 bits per heavy atom. The maximum absolute atomic E-state index is 13.9.